The largest absolute Gasteiger partial charge is 0.492 e. The van der Waals surface area contributed by atoms with E-state index in [1.54, 1.807) is 0 Å². The lowest BCUT2D eigenvalue weighted by Crippen LogP contribution is -1.76. The van der Waals surface area contributed by atoms with Crippen LogP contribution in [-0.2, 0) is 12.8 Å². The third-order valence-corrected chi connectivity index (χ3v) is 1.78. The average molecular weight is 124 g/mol. The van der Waals surface area contributed by atoms with Gasteiger partial charge in [0.05, 0.1) is 0 Å². The summed E-state index contributed by atoms with van der Waals surface area (Å²) in [6.07, 6.45) is 3.18. The van der Waals surface area contributed by atoms with Crippen LogP contribution in [0.5, 0.6) is 5.88 Å². The molecule has 3 heteroatoms. The summed E-state index contributed by atoms with van der Waals surface area (Å²) in [4.78, 5) is 0. The van der Waals surface area contributed by atoms with E-state index in [0.717, 1.165) is 30.5 Å². The molecule has 1 aromatic heterocycles. The number of aromatic nitrogens is 2. The van der Waals surface area contributed by atoms with Crippen molar-refractivity contribution in [3.63, 3.8) is 0 Å². The lowest BCUT2D eigenvalue weighted by Gasteiger charge is -1.83. The van der Waals surface area contributed by atoms with Crippen molar-refractivity contribution >= 4 is 0 Å². The molecule has 0 spiro atoms. The monoisotopic (exact) mass is 124 g/mol. The number of hydrogen-bond donors (Lipinski definition) is 2. The average Bonchev–Trinajstić information content (AvgIpc) is 2.35. The minimum Gasteiger partial charge on any atom is -0.492 e. The van der Waals surface area contributed by atoms with Gasteiger partial charge in [-0.25, -0.2) is 0 Å². The summed E-state index contributed by atoms with van der Waals surface area (Å²) in [6.45, 7) is 0. The molecule has 0 fully saturated rings. The van der Waals surface area contributed by atoms with Crippen molar-refractivity contribution in [1.82, 2.24) is 10.2 Å². The maximum atomic E-state index is 9.03. The molecule has 0 unspecified atom stereocenters. The first kappa shape index (κ1) is 4.85. The molecule has 0 saturated heterocycles. The van der Waals surface area contributed by atoms with E-state index in [1.165, 1.54) is 0 Å². The second-order valence-corrected chi connectivity index (χ2v) is 2.36. The van der Waals surface area contributed by atoms with Gasteiger partial charge < -0.3 is 5.11 Å². The van der Waals surface area contributed by atoms with Crippen molar-refractivity contribution < 1.29 is 5.11 Å². The van der Waals surface area contributed by atoms with E-state index in [2.05, 4.69) is 10.2 Å². The molecule has 9 heavy (non-hydrogen) atoms. The first-order valence-electron chi connectivity index (χ1n) is 3.13. The van der Waals surface area contributed by atoms with E-state index >= 15 is 0 Å². The van der Waals surface area contributed by atoms with Crippen LogP contribution in [-0.4, -0.2) is 15.3 Å². The Hall–Kier alpha value is -0.990. The Balaban J connectivity index is 2.56. The van der Waals surface area contributed by atoms with Crippen molar-refractivity contribution in [3.8, 4) is 5.88 Å². The van der Waals surface area contributed by atoms with E-state index in [-0.39, 0.29) is 5.88 Å². The van der Waals surface area contributed by atoms with E-state index in [9.17, 15) is 0 Å². The van der Waals surface area contributed by atoms with Gasteiger partial charge in [0.1, 0.15) is 0 Å². The number of aryl methyl sites for hydroxylation is 1. The normalized spacial score (nSPS) is 16.0. The number of nitrogens with one attached hydrogen (secondary N) is 1. The lowest BCUT2D eigenvalue weighted by molar-refractivity contribution is 0.445. The van der Waals surface area contributed by atoms with E-state index in [4.69, 9.17) is 5.11 Å². The number of aromatic hydroxyl groups is 1. The highest BCUT2D eigenvalue weighted by Crippen LogP contribution is 2.26. The zero-order chi connectivity index (χ0) is 6.27. The molecule has 0 amide bonds. The summed E-state index contributed by atoms with van der Waals surface area (Å²) in [5.41, 5.74) is 2.14. The molecule has 3 nitrogen and oxygen atoms in total. The Morgan fingerprint density at radius 3 is 3.11 bits per heavy atom. The summed E-state index contributed by atoms with van der Waals surface area (Å²) in [5.74, 6) is 0.197. The maximum absolute atomic E-state index is 9.03. The SMILES string of the molecule is Oc1n[nH]c2c1CCC2. The highest BCUT2D eigenvalue weighted by Gasteiger charge is 2.16. The molecule has 1 aliphatic rings. The van der Waals surface area contributed by atoms with Crippen molar-refractivity contribution in [3.05, 3.63) is 11.3 Å². The van der Waals surface area contributed by atoms with Crippen molar-refractivity contribution in [2.75, 3.05) is 0 Å². The molecular formula is C6H8N2O. The fourth-order valence-corrected chi connectivity index (χ4v) is 1.30. The third kappa shape index (κ3) is 0.542. The number of hydrogen-bond acceptors (Lipinski definition) is 2. The van der Waals surface area contributed by atoms with Gasteiger partial charge in [-0.2, -0.15) is 0 Å². The fourth-order valence-electron chi connectivity index (χ4n) is 1.30. The molecular weight excluding hydrogens is 116 g/mol. The summed E-state index contributed by atoms with van der Waals surface area (Å²) < 4.78 is 0. The van der Waals surface area contributed by atoms with Gasteiger partial charge in [0.25, 0.3) is 0 Å². The molecule has 0 aromatic carbocycles. The van der Waals surface area contributed by atoms with E-state index in [1.807, 2.05) is 0 Å². The third-order valence-electron chi connectivity index (χ3n) is 1.78. The van der Waals surface area contributed by atoms with Crippen LogP contribution in [0.4, 0.5) is 0 Å². The molecule has 0 saturated carbocycles. The maximum Gasteiger partial charge on any atom is 0.233 e. The molecule has 1 heterocycles. The molecule has 2 rings (SSSR count). The Bertz CT molecular complexity index is 229. The number of fused-ring (bicyclic) bond motifs is 1. The molecule has 0 bridgehead atoms. The zero-order valence-electron chi connectivity index (χ0n) is 5.02. The molecule has 1 aromatic rings. The molecule has 2 N–H and O–H groups in total. The Morgan fingerprint density at radius 2 is 2.33 bits per heavy atom. The van der Waals surface area contributed by atoms with E-state index in [0.29, 0.717) is 0 Å². The second-order valence-electron chi connectivity index (χ2n) is 2.36. The highest BCUT2D eigenvalue weighted by molar-refractivity contribution is 5.32. The number of rotatable bonds is 0. The van der Waals surface area contributed by atoms with Crippen molar-refractivity contribution in [1.29, 1.82) is 0 Å². The van der Waals surface area contributed by atoms with Gasteiger partial charge in [0.2, 0.25) is 5.88 Å². The van der Waals surface area contributed by atoms with Gasteiger partial charge in [-0.1, -0.05) is 0 Å². The highest BCUT2D eigenvalue weighted by atomic mass is 16.3. The first-order chi connectivity index (χ1) is 4.38. The summed E-state index contributed by atoms with van der Waals surface area (Å²) in [5, 5.41) is 15.5. The summed E-state index contributed by atoms with van der Waals surface area (Å²) in [6, 6.07) is 0. The van der Waals surface area contributed by atoms with Gasteiger partial charge >= 0.3 is 0 Å². The van der Waals surface area contributed by atoms with Gasteiger partial charge in [-0.3, -0.25) is 5.10 Å². The van der Waals surface area contributed by atoms with Crippen LogP contribution < -0.4 is 0 Å². The summed E-state index contributed by atoms with van der Waals surface area (Å²) in [7, 11) is 0. The van der Waals surface area contributed by atoms with Crippen LogP contribution in [0.2, 0.25) is 0 Å². The van der Waals surface area contributed by atoms with Crippen LogP contribution in [0.25, 0.3) is 0 Å². The van der Waals surface area contributed by atoms with Gasteiger partial charge in [0, 0.05) is 11.3 Å². The molecule has 1 aliphatic carbocycles. The Morgan fingerprint density at radius 1 is 1.44 bits per heavy atom. The van der Waals surface area contributed by atoms with Crippen LogP contribution in [0.1, 0.15) is 17.7 Å². The number of H-pyrrole nitrogens is 1. The topological polar surface area (TPSA) is 48.9 Å². The Kier molecular flexibility index (Phi) is 0.806. The van der Waals surface area contributed by atoms with Crippen molar-refractivity contribution in [2.24, 2.45) is 0 Å². The molecule has 0 aliphatic heterocycles. The van der Waals surface area contributed by atoms with Crippen LogP contribution in [0.15, 0.2) is 0 Å². The van der Waals surface area contributed by atoms with Gasteiger partial charge in [-0.05, 0) is 19.3 Å². The molecule has 0 radical (unpaired) electrons. The number of aromatic amines is 1. The second kappa shape index (κ2) is 1.50. The predicted molar refractivity (Wildman–Crippen MR) is 32.3 cm³/mol. The zero-order valence-corrected chi connectivity index (χ0v) is 5.02. The lowest BCUT2D eigenvalue weighted by atomic mass is 10.3. The van der Waals surface area contributed by atoms with Crippen LogP contribution in [0.3, 0.4) is 0 Å². The van der Waals surface area contributed by atoms with Crippen LogP contribution >= 0.6 is 0 Å². The smallest absolute Gasteiger partial charge is 0.233 e. The van der Waals surface area contributed by atoms with Crippen LogP contribution in [0, 0.1) is 0 Å². The number of nitrogens with zero attached hydrogens (tertiary/aromatic N) is 1. The molecule has 0 atom stereocenters. The van der Waals surface area contributed by atoms with Gasteiger partial charge in [0.15, 0.2) is 0 Å². The van der Waals surface area contributed by atoms with Gasteiger partial charge in [-0.15, -0.1) is 5.10 Å². The Labute approximate surface area is 52.7 Å². The minimum absolute atomic E-state index is 0.197. The fraction of sp³-hybridized carbons (Fsp3) is 0.500. The minimum atomic E-state index is 0.197. The van der Waals surface area contributed by atoms with E-state index < -0.39 is 0 Å². The standard InChI is InChI=1S/C6H8N2O/c9-6-4-2-1-3-5(4)7-8-6/h1-3H2,(H2,7,8,9). The molecule has 48 valence electrons. The summed E-state index contributed by atoms with van der Waals surface area (Å²) >= 11 is 0. The quantitative estimate of drug-likeness (QED) is 0.532. The first-order valence-corrected chi connectivity index (χ1v) is 3.13. The van der Waals surface area contributed by atoms with Crippen molar-refractivity contribution in [2.45, 2.75) is 19.3 Å². The predicted octanol–water partition coefficient (Wildman–Crippen LogP) is 0.604.